The molecule has 6 nitrogen and oxygen atoms in total. The van der Waals surface area contributed by atoms with E-state index in [2.05, 4.69) is 22.6 Å². The number of rotatable bonds is 7. The third-order valence-corrected chi connectivity index (χ3v) is 3.40. The van der Waals surface area contributed by atoms with Crippen molar-refractivity contribution in [3.8, 4) is 11.5 Å². The average molecular weight is 290 g/mol. The maximum atomic E-state index is 5.52. The Morgan fingerprint density at radius 2 is 1.90 bits per heavy atom. The normalized spacial score (nSPS) is 12.2. The summed E-state index contributed by atoms with van der Waals surface area (Å²) >= 11 is 0. The SMILES string of the molecule is CCCNC(c1c(OC)cccc1OC)c1cnnn1C. The highest BCUT2D eigenvalue weighted by Gasteiger charge is 2.24. The van der Waals surface area contributed by atoms with Gasteiger partial charge in [-0.25, -0.2) is 0 Å². The first-order chi connectivity index (χ1) is 10.2. The van der Waals surface area contributed by atoms with Crippen LogP contribution in [-0.4, -0.2) is 35.8 Å². The number of hydrogen-bond donors (Lipinski definition) is 1. The van der Waals surface area contributed by atoms with E-state index in [0.29, 0.717) is 0 Å². The lowest BCUT2D eigenvalue weighted by atomic mass is 10.0. The Balaban J connectivity index is 2.53. The molecule has 0 fully saturated rings. The Kier molecular flexibility index (Phi) is 5.16. The fourth-order valence-corrected chi connectivity index (χ4v) is 2.37. The topological polar surface area (TPSA) is 61.2 Å². The highest BCUT2D eigenvalue weighted by Crippen LogP contribution is 2.36. The molecule has 0 aliphatic heterocycles. The van der Waals surface area contributed by atoms with Gasteiger partial charge >= 0.3 is 0 Å². The molecule has 114 valence electrons. The average Bonchev–Trinajstić information content (AvgIpc) is 2.93. The largest absolute Gasteiger partial charge is 0.496 e. The number of ether oxygens (including phenoxy) is 2. The van der Waals surface area contributed by atoms with Crippen LogP contribution in [0, 0.1) is 0 Å². The Morgan fingerprint density at radius 3 is 2.38 bits per heavy atom. The van der Waals surface area contributed by atoms with Crippen LogP contribution in [-0.2, 0) is 7.05 Å². The smallest absolute Gasteiger partial charge is 0.127 e. The molecule has 1 aromatic heterocycles. The van der Waals surface area contributed by atoms with Crippen LogP contribution in [0.25, 0.3) is 0 Å². The lowest BCUT2D eigenvalue weighted by Crippen LogP contribution is -2.26. The van der Waals surface area contributed by atoms with Crippen LogP contribution in [0.1, 0.15) is 30.6 Å². The second-order valence-corrected chi connectivity index (χ2v) is 4.75. The van der Waals surface area contributed by atoms with Crippen molar-refractivity contribution in [2.45, 2.75) is 19.4 Å². The first kappa shape index (κ1) is 15.3. The summed E-state index contributed by atoms with van der Waals surface area (Å²) in [6, 6.07) is 5.69. The molecule has 0 aliphatic carbocycles. The third-order valence-electron chi connectivity index (χ3n) is 3.40. The van der Waals surface area contributed by atoms with E-state index >= 15 is 0 Å². The van der Waals surface area contributed by atoms with Gasteiger partial charge in [-0.15, -0.1) is 5.10 Å². The van der Waals surface area contributed by atoms with E-state index in [-0.39, 0.29) is 6.04 Å². The molecular weight excluding hydrogens is 268 g/mol. The van der Waals surface area contributed by atoms with Crippen LogP contribution in [0.5, 0.6) is 11.5 Å². The second kappa shape index (κ2) is 7.08. The first-order valence-corrected chi connectivity index (χ1v) is 7.01. The van der Waals surface area contributed by atoms with E-state index in [0.717, 1.165) is 35.7 Å². The minimum absolute atomic E-state index is 0.0870. The van der Waals surface area contributed by atoms with Crippen LogP contribution in [0.15, 0.2) is 24.4 Å². The predicted octanol–water partition coefficient (Wildman–Crippen LogP) is 1.92. The van der Waals surface area contributed by atoms with Gasteiger partial charge in [-0.3, -0.25) is 4.68 Å². The molecule has 0 aliphatic rings. The van der Waals surface area contributed by atoms with Crippen molar-refractivity contribution in [2.24, 2.45) is 7.05 Å². The second-order valence-electron chi connectivity index (χ2n) is 4.75. The van der Waals surface area contributed by atoms with E-state index in [1.165, 1.54) is 0 Å². The molecule has 0 radical (unpaired) electrons. The van der Waals surface area contributed by atoms with Gasteiger partial charge in [0, 0.05) is 7.05 Å². The van der Waals surface area contributed by atoms with Crippen molar-refractivity contribution in [3.63, 3.8) is 0 Å². The number of nitrogens with zero attached hydrogens (tertiary/aromatic N) is 3. The highest BCUT2D eigenvalue weighted by molar-refractivity contribution is 5.49. The molecular formula is C15H22N4O2. The summed E-state index contributed by atoms with van der Waals surface area (Å²) in [5, 5.41) is 11.5. The van der Waals surface area contributed by atoms with Gasteiger partial charge < -0.3 is 14.8 Å². The summed E-state index contributed by atoms with van der Waals surface area (Å²) in [5.41, 5.74) is 1.92. The molecule has 1 aromatic carbocycles. The summed E-state index contributed by atoms with van der Waals surface area (Å²) in [4.78, 5) is 0. The van der Waals surface area contributed by atoms with Crippen LogP contribution in [0.3, 0.4) is 0 Å². The van der Waals surface area contributed by atoms with Crippen molar-refractivity contribution >= 4 is 0 Å². The summed E-state index contributed by atoms with van der Waals surface area (Å²) in [6.45, 7) is 3.00. The van der Waals surface area contributed by atoms with Gasteiger partial charge in [0.15, 0.2) is 0 Å². The summed E-state index contributed by atoms with van der Waals surface area (Å²) in [6.07, 6.45) is 2.79. The third kappa shape index (κ3) is 3.16. The minimum atomic E-state index is -0.0870. The molecule has 0 spiro atoms. The van der Waals surface area contributed by atoms with Crippen molar-refractivity contribution in [1.82, 2.24) is 20.3 Å². The zero-order valence-electron chi connectivity index (χ0n) is 13.0. The number of benzene rings is 1. The molecule has 2 aromatic rings. The zero-order chi connectivity index (χ0) is 15.2. The zero-order valence-corrected chi connectivity index (χ0v) is 13.0. The molecule has 1 unspecified atom stereocenters. The van der Waals surface area contributed by atoms with Gasteiger partial charge in [0.25, 0.3) is 0 Å². The molecule has 1 N–H and O–H groups in total. The maximum Gasteiger partial charge on any atom is 0.127 e. The molecule has 1 heterocycles. The van der Waals surface area contributed by atoms with Crippen molar-refractivity contribution in [2.75, 3.05) is 20.8 Å². The quantitative estimate of drug-likeness (QED) is 0.844. The van der Waals surface area contributed by atoms with Gasteiger partial charge in [0.1, 0.15) is 11.5 Å². The van der Waals surface area contributed by atoms with E-state index in [4.69, 9.17) is 9.47 Å². The summed E-state index contributed by atoms with van der Waals surface area (Å²) in [7, 11) is 5.21. The van der Waals surface area contributed by atoms with Crippen molar-refractivity contribution in [3.05, 3.63) is 35.7 Å². The van der Waals surface area contributed by atoms with Crippen LogP contribution in [0.2, 0.25) is 0 Å². The highest BCUT2D eigenvalue weighted by atomic mass is 16.5. The van der Waals surface area contributed by atoms with Crippen molar-refractivity contribution < 1.29 is 9.47 Å². The van der Waals surface area contributed by atoms with Crippen molar-refractivity contribution in [1.29, 1.82) is 0 Å². The number of hydrogen-bond acceptors (Lipinski definition) is 5. The lowest BCUT2D eigenvalue weighted by molar-refractivity contribution is 0.374. The predicted molar refractivity (Wildman–Crippen MR) is 80.7 cm³/mol. The van der Waals surface area contributed by atoms with Crippen LogP contribution >= 0.6 is 0 Å². The van der Waals surface area contributed by atoms with Gasteiger partial charge in [-0.05, 0) is 25.1 Å². The number of aryl methyl sites for hydroxylation is 1. The van der Waals surface area contributed by atoms with Crippen LogP contribution in [0.4, 0.5) is 0 Å². The molecule has 2 rings (SSSR count). The fourth-order valence-electron chi connectivity index (χ4n) is 2.37. The standard InChI is InChI=1S/C15H22N4O2/c1-5-9-16-15(11-10-17-18-19(11)2)14-12(20-3)7-6-8-13(14)21-4/h6-8,10,15-16H,5,9H2,1-4H3. The number of aromatic nitrogens is 3. The van der Waals surface area contributed by atoms with Gasteiger partial charge in [-0.2, -0.15) is 0 Å². The number of methoxy groups -OCH3 is 2. The summed E-state index contributed by atoms with van der Waals surface area (Å²) < 4.78 is 12.8. The summed E-state index contributed by atoms with van der Waals surface area (Å²) in [5.74, 6) is 1.56. The Bertz CT molecular complexity index is 561. The van der Waals surface area contributed by atoms with Gasteiger partial charge in [0.2, 0.25) is 0 Å². The maximum absolute atomic E-state index is 5.52. The lowest BCUT2D eigenvalue weighted by Gasteiger charge is -2.23. The molecule has 6 heteroatoms. The van der Waals surface area contributed by atoms with E-state index < -0.39 is 0 Å². The molecule has 0 amide bonds. The monoisotopic (exact) mass is 290 g/mol. The fraction of sp³-hybridized carbons (Fsp3) is 0.467. The Morgan fingerprint density at radius 1 is 1.24 bits per heavy atom. The minimum Gasteiger partial charge on any atom is -0.496 e. The number of nitrogens with one attached hydrogen (secondary N) is 1. The molecule has 1 atom stereocenters. The van der Waals surface area contributed by atoms with E-state index in [1.54, 1.807) is 25.1 Å². The molecule has 0 saturated heterocycles. The van der Waals surface area contributed by atoms with Gasteiger partial charge in [0.05, 0.1) is 37.7 Å². The van der Waals surface area contributed by atoms with E-state index in [9.17, 15) is 0 Å². The molecule has 21 heavy (non-hydrogen) atoms. The first-order valence-electron chi connectivity index (χ1n) is 7.01. The van der Waals surface area contributed by atoms with Gasteiger partial charge in [-0.1, -0.05) is 18.2 Å². The Labute approximate surface area is 125 Å². The Hall–Kier alpha value is -2.08. The molecule has 0 saturated carbocycles. The van der Waals surface area contributed by atoms with E-state index in [1.807, 2.05) is 25.2 Å². The molecule has 0 bridgehead atoms. The van der Waals surface area contributed by atoms with Crippen LogP contribution < -0.4 is 14.8 Å².